The van der Waals surface area contributed by atoms with E-state index in [9.17, 15) is 9.18 Å². The van der Waals surface area contributed by atoms with Crippen LogP contribution in [0.3, 0.4) is 0 Å². The Balaban J connectivity index is 1.78. The Kier molecular flexibility index (Phi) is 3.65. The second-order valence-corrected chi connectivity index (χ2v) is 5.86. The second kappa shape index (κ2) is 5.98. The third kappa shape index (κ3) is 2.83. The molecule has 0 aliphatic carbocycles. The van der Waals surface area contributed by atoms with Gasteiger partial charge in [0, 0.05) is 5.56 Å². The number of aryl methyl sites for hydroxylation is 1. The molecule has 3 nitrogen and oxygen atoms in total. The van der Waals surface area contributed by atoms with Crippen LogP contribution in [0.4, 0.5) is 4.39 Å². The van der Waals surface area contributed by atoms with E-state index in [4.69, 9.17) is 4.74 Å². The molecular weight excluding hydrogens is 317 g/mol. The van der Waals surface area contributed by atoms with E-state index in [1.165, 1.54) is 29.8 Å². The zero-order valence-corrected chi connectivity index (χ0v) is 13.5. The van der Waals surface area contributed by atoms with Crippen molar-refractivity contribution in [1.82, 2.24) is 0 Å². The lowest BCUT2D eigenvalue weighted by atomic mass is 10.00. The summed E-state index contributed by atoms with van der Waals surface area (Å²) < 4.78 is 18.3. The molecule has 25 heavy (non-hydrogen) atoms. The molecule has 0 N–H and O–H groups in total. The van der Waals surface area contributed by atoms with Gasteiger partial charge in [0.25, 0.3) is 0 Å². The molecule has 1 aliphatic heterocycles. The number of esters is 1. The zero-order valence-electron chi connectivity index (χ0n) is 13.5. The highest BCUT2D eigenvalue weighted by molar-refractivity contribution is 6.13. The van der Waals surface area contributed by atoms with Gasteiger partial charge in [-0.3, -0.25) is 0 Å². The van der Waals surface area contributed by atoms with Crippen molar-refractivity contribution in [3.8, 4) is 0 Å². The Morgan fingerprint density at radius 3 is 2.44 bits per heavy atom. The molecule has 1 aliphatic rings. The van der Waals surface area contributed by atoms with Gasteiger partial charge in [0.15, 0.2) is 5.70 Å². The van der Waals surface area contributed by atoms with Crippen LogP contribution in [0.1, 0.15) is 16.7 Å². The molecule has 4 rings (SSSR count). The van der Waals surface area contributed by atoms with Crippen molar-refractivity contribution in [3.63, 3.8) is 0 Å². The van der Waals surface area contributed by atoms with E-state index in [1.807, 2.05) is 43.3 Å². The van der Waals surface area contributed by atoms with Gasteiger partial charge < -0.3 is 4.74 Å². The first-order valence-electron chi connectivity index (χ1n) is 7.89. The maximum Gasteiger partial charge on any atom is 0.363 e. The second-order valence-electron chi connectivity index (χ2n) is 5.86. The van der Waals surface area contributed by atoms with Crippen LogP contribution in [0.15, 0.2) is 71.4 Å². The third-order valence-electron chi connectivity index (χ3n) is 4.18. The van der Waals surface area contributed by atoms with Crippen LogP contribution in [-0.4, -0.2) is 11.9 Å². The first kappa shape index (κ1) is 15.3. The number of carbonyl (C=O) groups is 1. The first-order valence-corrected chi connectivity index (χ1v) is 7.89. The molecule has 0 bridgehead atoms. The first-order chi connectivity index (χ1) is 12.1. The van der Waals surface area contributed by atoms with E-state index in [1.54, 1.807) is 6.08 Å². The molecule has 0 unspecified atom stereocenters. The maximum absolute atomic E-state index is 13.0. The highest BCUT2D eigenvalue weighted by atomic mass is 19.1. The van der Waals surface area contributed by atoms with Crippen LogP contribution in [0.25, 0.3) is 16.8 Å². The summed E-state index contributed by atoms with van der Waals surface area (Å²) in [4.78, 5) is 16.4. The van der Waals surface area contributed by atoms with Crippen LogP contribution in [-0.2, 0) is 9.53 Å². The number of halogens is 1. The number of ether oxygens (including phenoxy) is 1. The van der Waals surface area contributed by atoms with Crippen LogP contribution in [0.2, 0.25) is 0 Å². The van der Waals surface area contributed by atoms with Gasteiger partial charge >= 0.3 is 5.97 Å². The Hall–Kier alpha value is -3.27. The molecule has 0 saturated carbocycles. The van der Waals surface area contributed by atoms with Crippen molar-refractivity contribution in [1.29, 1.82) is 0 Å². The molecule has 122 valence electrons. The van der Waals surface area contributed by atoms with Crippen molar-refractivity contribution in [2.45, 2.75) is 6.92 Å². The molecule has 0 amide bonds. The van der Waals surface area contributed by atoms with E-state index < -0.39 is 5.97 Å². The summed E-state index contributed by atoms with van der Waals surface area (Å²) in [5.41, 5.74) is 2.86. The minimum atomic E-state index is -0.510. The Morgan fingerprint density at radius 2 is 1.68 bits per heavy atom. The predicted molar refractivity (Wildman–Crippen MR) is 95.7 cm³/mol. The molecule has 0 atom stereocenters. The average Bonchev–Trinajstić information content (AvgIpc) is 2.99. The lowest BCUT2D eigenvalue weighted by Crippen LogP contribution is -2.05. The van der Waals surface area contributed by atoms with Gasteiger partial charge in [-0.2, -0.15) is 0 Å². The lowest BCUT2D eigenvalue weighted by molar-refractivity contribution is -0.129. The minimum absolute atomic E-state index is 0.188. The van der Waals surface area contributed by atoms with Crippen molar-refractivity contribution >= 4 is 28.7 Å². The summed E-state index contributed by atoms with van der Waals surface area (Å²) in [6.07, 6.45) is 1.72. The van der Waals surface area contributed by atoms with Gasteiger partial charge in [-0.25, -0.2) is 14.2 Å². The summed E-state index contributed by atoms with van der Waals surface area (Å²) >= 11 is 0. The number of aliphatic imine (C=N–C) groups is 1. The molecular formula is C21H14FNO2. The summed E-state index contributed by atoms with van der Waals surface area (Å²) in [5.74, 6) is -0.674. The molecule has 0 fully saturated rings. The van der Waals surface area contributed by atoms with E-state index in [2.05, 4.69) is 4.99 Å². The molecule has 3 aromatic rings. The monoisotopic (exact) mass is 331 g/mol. The predicted octanol–water partition coefficient (Wildman–Crippen LogP) is 4.63. The lowest BCUT2D eigenvalue weighted by Gasteiger charge is -2.05. The number of hydrogen-bond donors (Lipinski definition) is 0. The van der Waals surface area contributed by atoms with Crippen LogP contribution < -0.4 is 0 Å². The largest absolute Gasteiger partial charge is 0.402 e. The third-order valence-corrected chi connectivity index (χ3v) is 4.18. The van der Waals surface area contributed by atoms with E-state index in [-0.39, 0.29) is 17.4 Å². The number of carbonyl (C=O) groups excluding carboxylic acids is 1. The maximum atomic E-state index is 13.0. The van der Waals surface area contributed by atoms with Crippen LogP contribution >= 0.6 is 0 Å². The average molecular weight is 331 g/mol. The van der Waals surface area contributed by atoms with Gasteiger partial charge in [0.1, 0.15) is 5.82 Å². The van der Waals surface area contributed by atoms with Gasteiger partial charge in [-0.15, -0.1) is 0 Å². The molecule has 1 heterocycles. The fourth-order valence-electron chi connectivity index (χ4n) is 2.87. The summed E-state index contributed by atoms with van der Waals surface area (Å²) in [6, 6.07) is 17.7. The number of rotatable bonds is 2. The molecule has 3 aromatic carbocycles. The summed E-state index contributed by atoms with van der Waals surface area (Å²) in [6.45, 7) is 2.05. The van der Waals surface area contributed by atoms with Crippen molar-refractivity contribution in [2.24, 2.45) is 4.99 Å². The number of benzene rings is 3. The zero-order chi connectivity index (χ0) is 17.4. The highest BCUT2D eigenvalue weighted by Crippen LogP contribution is 2.26. The molecule has 0 aromatic heterocycles. The molecule has 0 saturated heterocycles. The summed E-state index contributed by atoms with van der Waals surface area (Å²) in [7, 11) is 0. The number of fused-ring (bicyclic) bond motifs is 1. The highest BCUT2D eigenvalue weighted by Gasteiger charge is 2.24. The number of cyclic esters (lactones) is 1. The van der Waals surface area contributed by atoms with Crippen molar-refractivity contribution in [2.75, 3.05) is 0 Å². The molecule has 0 spiro atoms. The quantitative estimate of drug-likeness (QED) is 0.507. The van der Waals surface area contributed by atoms with E-state index in [0.29, 0.717) is 5.56 Å². The van der Waals surface area contributed by atoms with Gasteiger partial charge in [0.2, 0.25) is 5.90 Å². The van der Waals surface area contributed by atoms with Gasteiger partial charge in [-0.05, 0) is 59.2 Å². The normalized spacial score (nSPS) is 15.5. The van der Waals surface area contributed by atoms with Crippen LogP contribution in [0, 0.1) is 12.7 Å². The topological polar surface area (TPSA) is 38.7 Å². The SMILES string of the molecule is Cc1ccc(/C=C2/N=C(c3ccc(F)cc3)OC2=O)c2ccccc12. The Morgan fingerprint density at radius 1 is 0.960 bits per heavy atom. The number of hydrogen-bond acceptors (Lipinski definition) is 3. The van der Waals surface area contributed by atoms with E-state index in [0.717, 1.165) is 16.3 Å². The molecule has 0 radical (unpaired) electrons. The van der Waals surface area contributed by atoms with E-state index >= 15 is 0 Å². The van der Waals surface area contributed by atoms with Gasteiger partial charge in [-0.1, -0.05) is 36.4 Å². The molecule has 4 heteroatoms. The standard InChI is InChI=1S/C21H14FNO2/c1-13-6-7-15(18-5-3-2-4-17(13)18)12-19-21(24)25-20(23-19)14-8-10-16(22)11-9-14/h2-12H,1H3/b19-12+. The fraction of sp³-hybridized carbons (Fsp3) is 0.0476. The Labute approximate surface area is 144 Å². The Bertz CT molecular complexity index is 1050. The number of nitrogens with zero attached hydrogens (tertiary/aromatic N) is 1. The van der Waals surface area contributed by atoms with Gasteiger partial charge in [0.05, 0.1) is 0 Å². The minimum Gasteiger partial charge on any atom is -0.402 e. The fourth-order valence-corrected chi connectivity index (χ4v) is 2.87. The van der Waals surface area contributed by atoms with Crippen LogP contribution in [0.5, 0.6) is 0 Å². The van der Waals surface area contributed by atoms with Crippen molar-refractivity contribution < 1.29 is 13.9 Å². The summed E-state index contributed by atoms with van der Waals surface area (Å²) in [5, 5.41) is 2.18. The smallest absolute Gasteiger partial charge is 0.363 e. The van der Waals surface area contributed by atoms with Crippen molar-refractivity contribution in [3.05, 3.63) is 88.9 Å².